The van der Waals surface area contributed by atoms with Gasteiger partial charge in [-0.3, -0.25) is 14.3 Å². The first-order chi connectivity index (χ1) is 13.9. The number of aromatic nitrogens is 4. The van der Waals surface area contributed by atoms with Gasteiger partial charge in [-0.15, -0.1) is 0 Å². The average molecular weight is 399 g/mol. The summed E-state index contributed by atoms with van der Waals surface area (Å²) >= 11 is 0. The Morgan fingerprint density at radius 2 is 2.03 bits per heavy atom. The van der Waals surface area contributed by atoms with Crippen molar-refractivity contribution < 1.29 is 9.59 Å². The van der Waals surface area contributed by atoms with Crippen LogP contribution in [0.5, 0.6) is 0 Å². The monoisotopic (exact) mass is 398 g/mol. The molecule has 8 nitrogen and oxygen atoms in total. The molecule has 2 aliphatic rings. The number of imidazole rings is 1. The zero-order valence-corrected chi connectivity index (χ0v) is 17.7. The topological polar surface area (TPSA) is 85.1 Å². The van der Waals surface area contributed by atoms with E-state index in [0.29, 0.717) is 31.1 Å². The molecule has 0 saturated carbocycles. The van der Waals surface area contributed by atoms with Crippen molar-refractivity contribution >= 4 is 11.8 Å². The highest BCUT2D eigenvalue weighted by molar-refractivity contribution is 5.93. The van der Waals surface area contributed by atoms with Crippen LogP contribution in [-0.4, -0.2) is 49.1 Å². The van der Waals surface area contributed by atoms with E-state index < -0.39 is 0 Å². The second kappa shape index (κ2) is 7.31. The quantitative estimate of drug-likeness (QED) is 0.808. The molecule has 1 fully saturated rings. The first-order valence-corrected chi connectivity index (χ1v) is 10.5. The minimum atomic E-state index is -0.180. The summed E-state index contributed by atoms with van der Waals surface area (Å²) in [6.07, 6.45) is 9.02. The molecule has 4 heterocycles. The van der Waals surface area contributed by atoms with Crippen LogP contribution >= 0.6 is 0 Å². The van der Waals surface area contributed by atoms with E-state index in [-0.39, 0.29) is 23.4 Å². The number of nitrogens with zero attached hydrogens (tertiary/aromatic N) is 5. The van der Waals surface area contributed by atoms with Gasteiger partial charge in [0.15, 0.2) is 5.69 Å². The summed E-state index contributed by atoms with van der Waals surface area (Å²) < 4.78 is 3.81. The Morgan fingerprint density at radius 3 is 2.66 bits per heavy atom. The van der Waals surface area contributed by atoms with Crippen molar-refractivity contribution in [2.45, 2.75) is 58.0 Å². The van der Waals surface area contributed by atoms with E-state index in [4.69, 9.17) is 0 Å². The van der Waals surface area contributed by atoms with E-state index >= 15 is 0 Å². The van der Waals surface area contributed by atoms with E-state index in [0.717, 1.165) is 30.7 Å². The van der Waals surface area contributed by atoms with Gasteiger partial charge in [-0.1, -0.05) is 26.7 Å². The average Bonchev–Trinajstić information content (AvgIpc) is 3.33. The number of aryl methyl sites for hydroxylation is 2. The second-order valence-electron chi connectivity index (χ2n) is 8.58. The molecule has 1 N–H and O–H groups in total. The molecule has 0 radical (unpaired) electrons. The van der Waals surface area contributed by atoms with Gasteiger partial charge in [0.2, 0.25) is 5.91 Å². The van der Waals surface area contributed by atoms with Crippen molar-refractivity contribution in [3.05, 3.63) is 35.7 Å². The molecule has 2 aliphatic heterocycles. The molecule has 0 aliphatic carbocycles. The summed E-state index contributed by atoms with van der Waals surface area (Å²) in [5, 5.41) is 7.38. The van der Waals surface area contributed by atoms with Crippen LogP contribution in [0.15, 0.2) is 18.6 Å². The maximum Gasteiger partial charge on any atom is 0.272 e. The molecule has 2 aromatic rings. The molecule has 1 atom stereocenters. The standard InChI is InChI=1S/C21H30N6O2/c1-5-15(6-2)9-17(28)26-12-21(13-26)10-16(19-22-7-8-27(19)21)23-20(29)18-14(3)11-25(4)24-18/h7-8,11,15-16H,5-6,9-10,12-13H2,1-4H3,(H,23,29). The Kier molecular flexibility index (Phi) is 4.96. The smallest absolute Gasteiger partial charge is 0.272 e. The van der Waals surface area contributed by atoms with Crippen LogP contribution in [0.4, 0.5) is 0 Å². The van der Waals surface area contributed by atoms with Crippen LogP contribution < -0.4 is 5.32 Å². The fourth-order valence-electron chi connectivity index (χ4n) is 4.79. The Hall–Kier alpha value is -2.64. The number of hydrogen-bond donors (Lipinski definition) is 1. The maximum absolute atomic E-state index is 12.8. The second-order valence-corrected chi connectivity index (χ2v) is 8.58. The van der Waals surface area contributed by atoms with Crippen molar-refractivity contribution in [2.24, 2.45) is 13.0 Å². The molecule has 8 heteroatoms. The van der Waals surface area contributed by atoms with E-state index in [1.807, 2.05) is 31.3 Å². The lowest BCUT2D eigenvalue weighted by Gasteiger charge is -2.49. The van der Waals surface area contributed by atoms with Gasteiger partial charge in [0.1, 0.15) is 5.82 Å². The lowest BCUT2D eigenvalue weighted by molar-refractivity contribution is -0.143. The largest absolute Gasteiger partial charge is 0.341 e. The van der Waals surface area contributed by atoms with Crippen LogP contribution in [0.25, 0.3) is 0 Å². The summed E-state index contributed by atoms with van der Waals surface area (Å²) in [7, 11) is 1.81. The van der Waals surface area contributed by atoms with E-state index in [1.165, 1.54) is 0 Å². The summed E-state index contributed by atoms with van der Waals surface area (Å²) in [5.74, 6) is 1.38. The number of likely N-dealkylation sites (tertiary alicyclic amines) is 1. The molecule has 4 rings (SSSR count). The molecule has 2 aromatic heterocycles. The summed E-state index contributed by atoms with van der Waals surface area (Å²) in [6.45, 7) is 7.54. The molecule has 156 valence electrons. The lowest BCUT2D eigenvalue weighted by atomic mass is 9.85. The maximum atomic E-state index is 12.8. The number of amides is 2. The van der Waals surface area contributed by atoms with Crippen LogP contribution in [-0.2, 0) is 17.4 Å². The molecule has 1 unspecified atom stereocenters. The number of carbonyl (C=O) groups is 2. The van der Waals surface area contributed by atoms with Gasteiger partial charge in [0, 0.05) is 57.1 Å². The highest BCUT2D eigenvalue weighted by Crippen LogP contribution is 2.44. The summed E-state index contributed by atoms with van der Waals surface area (Å²) in [5.41, 5.74) is 1.14. The number of hydrogen-bond acceptors (Lipinski definition) is 4. The first kappa shape index (κ1) is 19.7. The molecular formula is C21H30N6O2. The zero-order valence-electron chi connectivity index (χ0n) is 17.7. The Bertz CT molecular complexity index is 920. The summed E-state index contributed by atoms with van der Waals surface area (Å²) in [4.78, 5) is 31.9. The minimum absolute atomic E-state index is 0.160. The van der Waals surface area contributed by atoms with Gasteiger partial charge < -0.3 is 14.8 Å². The molecule has 29 heavy (non-hydrogen) atoms. The Labute approximate surface area is 171 Å². The van der Waals surface area contributed by atoms with Crippen LogP contribution in [0.2, 0.25) is 0 Å². The first-order valence-electron chi connectivity index (χ1n) is 10.5. The molecular weight excluding hydrogens is 368 g/mol. The predicted octanol–water partition coefficient (Wildman–Crippen LogP) is 2.16. The molecule has 1 saturated heterocycles. The van der Waals surface area contributed by atoms with E-state index in [1.54, 1.807) is 10.9 Å². The highest BCUT2D eigenvalue weighted by atomic mass is 16.2. The molecule has 1 spiro atoms. The number of nitrogens with one attached hydrogen (secondary N) is 1. The Balaban J connectivity index is 1.44. The van der Waals surface area contributed by atoms with E-state index in [2.05, 4.69) is 33.8 Å². The third-order valence-electron chi connectivity index (χ3n) is 6.55. The zero-order chi connectivity index (χ0) is 20.8. The van der Waals surface area contributed by atoms with Crippen molar-refractivity contribution in [2.75, 3.05) is 13.1 Å². The number of rotatable bonds is 6. The lowest BCUT2D eigenvalue weighted by Crippen LogP contribution is -2.63. The molecule has 2 amide bonds. The summed E-state index contributed by atoms with van der Waals surface area (Å²) in [6, 6.07) is -0.171. The van der Waals surface area contributed by atoms with Gasteiger partial charge in [-0.2, -0.15) is 5.10 Å². The van der Waals surface area contributed by atoms with Crippen molar-refractivity contribution in [1.29, 1.82) is 0 Å². The van der Waals surface area contributed by atoms with Crippen LogP contribution in [0, 0.1) is 12.8 Å². The third-order valence-corrected chi connectivity index (χ3v) is 6.55. The fraction of sp³-hybridized carbons (Fsp3) is 0.619. The van der Waals surface area contributed by atoms with E-state index in [9.17, 15) is 9.59 Å². The highest BCUT2D eigenvalue weighted by Gasteiger charge is 2.53. The normalized spacial score (nSPS) is 19.5. The number of fused-ring (bicyclic) bond motifs is 2. The van der Waals surface area contributed by atoms with Crippen molar-refractivity contribution in [3.63, 3.8) is 0 Å². The van der Waals surface area contributed by atoms with Gasteiger partial charge in [-0.05, 0) is 12.8 Å². The predicted molar refractivity (Wildman–Crippen MR) is 108 cm³/mol. The van der Waals surface area contributed by atoms with Crippen molar-refractivity contribution in [3.8, 4) is 0 Å². The van der Waals surface area contributed by atoms with Crippen LogP contribution in [0.1, 0.15) is 67.4 Å². The SMILES string of the molecule is CCC(CC)CC(=O)N1CC2(CC(NC(=O)c3nn(C)cc3C)c3nccn32)C1. The molecule has 0 aromatic carbocycles. The fourth-order valence-corrected chi connectivity index (χ4v) is 4.79. The van der Waals surface area contributed by atoms with Gasteiger partial charge >= 0.3 is 0 Å². The minimum Gasteiger partial charge on any atom is -0.341 e. The van der Waals surface area contributed by atoms with Gasteiger partial charge in [0.05, 0.1) is 11.6 Å². The van der Waals surface area contributed by atoms with Crippen molar-refractivity contribution in [1.82, 2.24) is 29.5 Å². The van der Waals surface area contributed by atoms with Gasteiger partial charge in [-0.25, -0.2) is 4.98 Å². The third kappa shape index (κ3) is 3.34. The number of carbonyl (C=O) groups excluding carboxylic acids is 2. The van der Waals surface area contributed by atoms with Gasteiger partial charge in [0.25, 0.3) is 5.91 Å². The van der Waals surface area contributed by atoms with Crippen LogP contribution in [0.3, 0.4) is 0 Å². The Morgan fingerprint density at radius 1 is 1.31 bits per heavy atom. The molecule has 0 bridgehead atoms.